The van der Waals surface area contributed by atoms with Gasteiger partial charge in [0.15, 0.2) is 0 Å². The molecule has 29 heavy (non-hydrogen) atoms. The molecule has 162 valence electrons. The van der Waals surface area contributed by atoms with E-state index in [-0.39, 0.29) is 28.3 Å². The van der Waals surface area contributed by atoms with Crippen LogP contribution in [-0.4, -0.2) is 50.6 Å². The number of halogens is 3. The Labute approximate surface area is 173 Å². The lowest BCUT2D eigenvalue weighted by Gasteiger charge is -2.35. The van der Waals surface area contributed by atoms with E-state index in [9.17, 15) is 18.0 Å². The molecule has 1 aliphatic carbocycles. The minimum absolute atomic E-state index is 0.0778. The van der Waals surface area contributed by atoms with Crippen LogP contribution in [-0.2, 0) is 10.9 Å². The van der Waals surface area contributed by atoms with Crippen molar-refractivity contribution in [2.75, 3.05) is 26.6 Å². The summed E-state index contributed by atoms with van der Waals surface area (Å²) in [5.41, 5.74) is -0.713. The van der Waals surface area contributed by atoms with Crippen LogP contribution >= 0.6 is 11.8 Å². The average molecular weight is 433 g/mol. The van der Waals surface area contributed by atoms with Gasteiger partial charge in [-0.2, -0.15) is 13.2 Å². The summed E-state index contributed by atoms with van der Waals surface area (Å²) in [6, 6.07) is 2.14. The second kappa shape index (κ2) is 9.57. The first-order valence-electron chi connectivity index (χ1n) is 9.81. The molecule has 2 fully saturated rings. The van der Waals surface area contributed by atoms with Crippen molar-refractivity contribution in [2.24, 2.45) is 0 Å². The summed E-state index contributed by atoms with van der Waals surface area (Å²) in [5.74, 6) is -0.535. The summed E-state index contributed by atoms with van der Waals surface area (Å²) in [4.78, 5) is 13.3. The fraction of sp³-hybridized carbons (Fsp3) is 0.650. The molecule has 3 rings (SSSR count). The summed E-state index contributed by atoms with van der Waals surface area (Å²) in [5, 5.41) is 6.60. The third kappa shape index (κ3) is 5.38. The van der Waals surface area contributed by atoms with E-state index in [1.807, 2.05) is 0 Å². The van der Waals surface area contributed by atoms with Crippen molar-refractivity contribution < 1.29 is 27.4 Å². The van der Waals surface area contributed by atoms with Gasteiger partial charge in [0.05, 0.1) is 30.9 Å². The quantitative estimate of drug-likeness (QED) is 0.669. The number of ether oxygens (including phenoxy) is 2. The van der Waals surface area contributed by atoms with Gasteiger partial charge in [-0.1, -0.05) is 12.8 Å². The van der Waals surface area contributed by atoms with Gasteiger partial charge < -0.3 is 20.1 Å². The van der Waals surface area contributed by atoms with Crippen LogP contribution in [0.3, 0.4) is 0 Å². The van der Waals surface area contributed by atoms with Crippen LogP contribution in [0.25, 0.3) is 0 Å². The van der Waals surface area contributed by atoms with E-state index in [2.05, 4.69) is 10.6 Å². The minimum atomic E-state index is -4.51. The fourth-order valence-corrected chi connectivity index (χ4v) is 4.66. The van der Waals surface area contributed by atoms with Gasteiger partial charge in [-0.25, -0.2) is 0 Å². The maximum Gasteiger partial charge on any atom is 0.416 e. The number of benzene rings is 1. The van der Waals surface area contributed by atoms with Crippen LogP contribution in [0.15, 0.2) is 17.0 Å². The number of alkyl halides is 3. The number of nitrogens with one attached hydrogen (secondary N) is 2. The van der Waals surface area contributed by atoms with Crippen molar-refractivity contribution >= 4 is 17.7 Å². The number of carbonyl (C=O) groups excluding carboxylic acids is 1. The van der Waals surface area contributed by atoms with Gasteiger partial charge in [0.1, 0.15) is 5.75 Å². The molecule has 1 saturated heterocycles. The van der Waals surface area contributed by atoms with Crippen LogP contribution in [0.4, 0.5) is 13.2 Å². The van der Waals surface area contributed by atoms with Crippen LogP contribution in [0.5, 0.6) is 5.75 Å². The predicted molar refractivity (Wildman–Crippen MR) is 106 cm³/mol. The predicted octanol–water partition coefficient (Wildman–Crippen LogP) is 3.86. The highest BCUT2D eigenvalue weighted by Gasteiger charge is 2.35. The van der Waals surface area contributed by atoms with Gasteiger partial charge in [0.2, 0.25) is 0 Å². The Kier molecular flexibility index (Phi) is 7.34. The topological polar surface area (TPSA) is 59.6 Å². The summed E-state index contributed by atoms with van der Waals surface area (Å²) in [6.45, 7) is 0.990. The number of hydrogen-bond donors (Lipinski definition) is 2. The van der Waals surface area contributed by atoms with E-state index in [1.54, 1.807) is 6.26 Å². The van der Waals surface area contributed by atoms with Crippen LogP contribution in [0.1, 0.15) is 48.0 Å². The van der Waals surface area contributed by atoms with Crippen molar-refractivity contribution in [3.05, 3.63) is 23.3 Å². The Hall–Kier alpha value is -1.45. The fourth-order valence-electron chi connectivity index (χ4n) is 4.01. The zero-order valence-electron chi connectivity index (χ0n) is 16.6. The molecule has 2 atom stereocenters. The van der Waals surface area contributed by atoms with Crippen molar-refractivity contribution in [1.29, 1.82) is 0 Å². The van der Waals surface area contributed by atoms with Gasteiger partial charge in [-0.05, 0) is 37.7 Å². The second-order valence-electron chi connectivity index (χ2n) is 7.45. The van der Waals surface area contributed by atoms with Crippen molar-refractivity contribution in [1.82, 2.24) is 10.6 Å². The molecule has 0 spiro atoms. The van der Waals surface area contributed by atoms with E-state index in [1.165, 1.54) is 20.0 Å². The summed E-state index contributed by atoms with van der Waals surface area (Å²) in [6.07, 6.45) is 2.57. The molecule has 1 aliphatic heterocycles. The van der Waals surface area contributed by atoms with Crippen molar-refractivity contribution in [2.45, 2.75) is 61.3 Å². The maximum atomic E-state index is 13.2. The number of rotatable bonds is 6. The first-order chi connectivity index (χ1) is 13.8. The summed E-state index contributed by atoms with van der Waals surface area (Å²) in [7, 11) is 1.27. The highest BCUT2D eigenvalue weighted by molar-refractivity contribution is 7.98. The molecule has 1 aromatic carbocycles. The maximum absolute atomic E-state index is 13.2. The number of amides is 1. The zero-order chi connectivity index (χ0) is 21.0. The van der Waals surface area contributed by atoms with Crippen LogP contribution < -0.4 is 15.4 Å². The lowest BCUT2D eigenvalue weighted by atomic mass is 10.0. The molecule has 1 saturated carbocycles. The molecular weight excluding hydrogens is 405 g/mol. The van der Waals surface area contributed by atoms with Crippen LogP contribution in [0.2, 0.25) is 0 Å². The Morgan fingerprint density at radius 1 is 1.21 bits per heavy atom. The summed E-state index contributed by atoms with van der Waals surface area (Å²) >= 11 is 1.08. The molecule has 5 nitrogen and oxygen atoms in total. The molecule has 1 heterocycles. The third-order valence-corrected chi connectivity index (χ3v) is 6.30. The highest BCUT2D eigenvalue weighted by atomic mass is 32.2. The Morgan fingerprint density at radius 2 is 1.93 bits per heavy atom. The monoisotopic (exact) mass is 432 g/mol. The van der Waals surface area contributed by atoms with E-state index in [0.717, 1.165) is 43.2 Å². The van der Waals surface area contributed by atoms with E-state index in [4.69, 9.17) is 9.47 Å². The van der Waals surface area contributed by atoms with Crippen LogP contribution in [0, 0.1) is 0 Å². The average Bonchev–Trinajstić information content (AvgIpc) is 3.20. The first kappa shape index (κ1) is 22.2. The number of thioether (sulfide) groups is 1. The zero-order valence-corrected chi connectivity index (χ0v) is 17.4. The van der Waals surface area contributed by atoms with Crippen molar-refractivity contribution in [3.8, 4) is 5.75 Å². The van der Waals surface area contributed by atoms with Gasteiger partial charge in [0, 0.05) is 23.6 Å². The third-order valence-electron chi connectivity index (χ3n) is 5.54. The molecule has 1 aromatic rings. The van der Waals surface area contributed by atoms with Gasteiger partial charge in [-0.3, -0.25) is 4.79 Å². The lowest BCUT2D eigenvalue weighted by molar-refractivity contribution is -0.137. The SMILES string of the molecule is COc1cc(C(F)(F)F)cc(SC)c1C(=O)N[C@H]1COCC[C@H]1NC1CCCC1. The molecule has 2 aliphatic rings. The number of hydrogen-bond acceptors (Lipinski definition) is 5. The molecule has 9 heteroatoms. The largest absolute Gasteiger partial charge is 0.496 e. The van der Waals surface area contributed by atoms with E-state index >= 15 is 0 Å². The number of carbonyl (C=O) groups is 1. The molecule has 0 radical (unpaired) electrons. The normalized spacial score (nSPS) is 23.2. The van der Waals surface area contributed by atoms with Gasteiger partial charge in [-0.15, -0.1) is 11.8 Å². The lowest BCUT2D eigenvalue weighted by Crippen LogP contribution is -2.57. The second-order valence-corrected chi connectivity index (χ2v) is 8.30. The number of methoxy groups -OCH3 is 1. The standard InChI is InChI=1S/C20H27F3N2O3S/c1-27-16-9-12(20(21,22)23)10-17(29-2)18(16)19(26)25-15-11-28-8-7-14(15)24-13-5-3-4-6-13/h9-10,13-15,24H,3-8,11H2,1-2H3,(H,25,26)/t14-,15+/m1/s1. The van der Waals surface area contributed by atoms with Gasteiger partial charge in [0.25, 0.3) is 5.91 Å². The van der Waals surface area contributed by atoms with Crippen molar-refractivity contribution in [3.63, 3.8) is 0 Å². The molecule has 0 bridgehead atoms. The smallest absolute Gasteiger partial charge is 0.416 e. The first-order valence-corrected chi connectivity index (χ1v) is 11.0. The highest BCUT2D eigenvalue weighted by Crippen LogP contribution is 2.38. The van der Waals surface area contributed by atoms with E-state index < -0.39 is 17.6 Å². The molecule has 0 unspecified atom stereocenters. The molecular formula is C20H27F3N2O3S. The molecule has 0 aromatic heterocycles. The van der Waals surface area contributed by atoms with E-state index in [0.29, 0.717) is 19.3 Å². The Balaban J connectivity index is 1.81. The molecule has 1 amide bonds. The Morgan fingerprint density at radius 3 is 2.55 bits per heavy atom. The molecule has 2 N–H and O–H groups in total. The Bertz CT molecular complexity index is 698. The minimum Gasteiger partial charge on any atom is -0.496 e. The van der Waals surface area contributed by atoms with Gasteiger partial charge >= 0.3 is 6.18 Å². The summed E-state index contributed by atoms with van der Waals surface area (Å²) < 4.78 is 50.2.